The molecule has 0 saturated carbocycles. The molecule has 2 rings (SSSR count). The molecule has 1 aromatic heterocycles. The minimum absolute atomic E-state index is 0.592. The number of hydrogen-bond acceptors (Lipinski definition) is 3. The molecule has 6 nitrogen and oxygen atoms in total. The van der Waals surface area contributed by atoms with E-state index >= 15 is 0 Å². The number of rotatable bonds is 9. The summed E-state index contributed by atoms with van der Waals surface area (Å²) in [5, 5.41) is 10.9. The van der Waals surface area contributed by atoms with Gasteiger partial charge in [0.15, 0.2) is 5.96 Å². The molecule has 0 amide bonds. The standard InChI is InChI=1S/C21H33N5O/c1-6-22-21(23-12-18-13-25-26(5)15-18)24-14-19-8-7-17(4)11-20(19)27-10-9-16(2)3/h7-8,11,13,15-16H,6,9-10,12,14H2,1-5H3,(H2,22,23,24). The molecule has 0 atom stereocenters. The molecule has 0 bridgehead atoms. The van der Waals surface area contributed by atoms with Crippen molar-refractivity contribution in [1.82, 2.24) is 20.4 Å². The van der Waals surface area contributed by atoms with E-state index in [1.54, 1.807) is 4.68 Å². The van der Waals surface area contributed by atoms with E-state index < -0.39 is 0 Å². The van der Waals surface area contributed by atoms with Gasteiger partial charge in [0.1, 0.15) is 5.75 Å². The number of ether oxygens (including phenoxy) is 1. The zero-order chi connectivity index (χ0) is 19.6. The first-order valence-electron chi connectivity index (χ1n) is 9.70. The van der Waals surface area contributed by atoms with Crippen LogP contribution in [0.1, 0.15) is 43.9 Å². The number of benzene rings is 1. The van der Waals surface area contributed by atoms with Gasteiger partial charge in [0.2, 0.25) is 0 Å². The molecular weight excluding hydrogens is 338 g/mol. The van der Waals surface area contributed by atoms with Crippen molar-refractivity contribution in [2.24, 2.45) is 18.0 Å². The molecule has 0 unspecified atom stereocenters. The third-order valence-electron chi connectivity index (χ3n) is 4.14. The van der Waals surface area contributed by atoms with E-state index in [2.05, 4.69) is 66.6 Å². The summed E-state index contributed by atoms with van der Waals surface area (Å²) in [5.41, 5.74) is 3.43. The predicted octanol–water partition coefficient (Wildman–Crippen LogP) is 3.41. The van der Waals surface area contributed by atoms with Crippen LogP contribution in [0.2, 0.25) is 0 Å². The average Bonchev–Trinajstić information content (AvgIpc) is 3.03. The van der Waals surface area contributed by atoms with Gasteiger partial charge in [-0.05, 0) is 37.8 Å². The maximum atomic E-state index is 6.04. The van der Waals surface area contributed by atoms with Gasteiger partial charge in [-0.25, -0.2) is 4.99 Å². The second kappa shape index (κ2) is 10.6. The maximum Gasteiger partial charge on any atom is 0.191 e. The molecule has 2 aromatic rings. The van der Waals surface area contributed by atoms with Crippen molar-refractivity contribution in [3.8, 4) is 5.75 Å². The summed E-state index contributed by atoms with van der Waals surface area (Å²) >= 11 is 0. The van der Waals surface area contributed by atoms with Gasteiger partial charge in [0, 0.05) is 37.5 Å². The Kier molecular flexibility index (Phi) is 8.17. The molecule has 0 radical (unpaired) electrons. The van der Waals surface area contributed by atoms with Crippen LogP contribution in [0.25, 0.3) is 0 Å². The smallest absolute Gasteiger partial charge is 0.191 e. The summed E-state index contributed by atoms with van der Waals surface area (Å²) in [5.74, 6) is 2.37. The maximum absolute atomic E-state index is 6.04. The first-order chi connectivity index (χ1) is 13.0. The van der Waals surface area contributed by atoms with Gasteiger partial charge in [-0.3, -0.25) is 4.68 Å². The number of hydrogen-bond donors (Lipinski definition) is 2. The highest BCUT2D eigenvalue weighted by Crippen LogP contribution is 2.21. The van der Waals surface area contributed by atoms with Gasteiger partial charge in [-0.2, -0.15) is 5.10 Å². The third-order valence-corrected chi connectivity index (χ3v) is 4.14. The Bertz CT molecular complexity index is 736. The Balaban J connectivity index is 2.00. The molecule has 0 fully saturated rings. The average molecular weight is 372 g/mol. The Morgan fingerprint density at radius 1 is 1.30 bits per heavy atom. The highest BCUT2D eigenvalue weighted by molar-refractivity contribution is 5.79. The van der Waals surface area contributed by atoms with E-state index in [0.717, 1.165) is 42.4 Å². The van der Waals surface area contributed by atoms with Crippen molar-refractivity contribution in [2.75, 3.05) is 13.2 Å². The number of nitrogens with one attached hydrogen (secondary N) is 2. The summed E-state index contributed by atoms with van der Waals surface area (Å²) in [4.78, 5) is 4.64. The first-order valence-corrected chi connectivity index (χ1v) is 9.70. The summed E-state index contributed by atoms with van der Waals surface area (Å²) < 4.78 is 7.83. The lowest BCUT2D eigenvalue weighted by Crippen LogP contribution is -2.36. The van der Waals surface area contributed by atoms with E-state index in [-0.39, 0.29) is 0 Å². The molecule has 0 saturated heterocycles. The molecule has 148 valence electrons. The van der Waals surface area contributed by atoms with E-state index in [1.807, 2.05) is 19.4 Å². The van der Waals surface area contributed by atoms with Crippen molar-refractivity contribution in [2.45, 2.75) is 47.2 Å². The molecule has 0 aliphatic carbocycles. The lowest BCUT2D eigenvalue weighted by molar-refractivity contribution is 0.286. The van der Waals surface area contributed by atoms with Crippen LogP contribution in [0.15, 0.2) is 35.6 Å². The summed E-state index contributed by atoms with van der Waals surface area (Å²) in [7, 11) is 1.91. The second-order valence-corrected chi connectivity index (χ2v) is 7.21. The van der Waals surface area contributed by atoms with Gasteiger partial charge in [-0.15, -0.1) is 0 Å². The predicted molar refractivity (Wildman–Crippen MR) is 111 cm³/mol. The second-order valence-electron chi connectivity index (χ2n) is 7.21. The topological polar surface area (TPSA) is 63.5 Å². The number of nitrogens with zero attached hydrogens (tertiary/aromatic N) is 3. The van der Waals surface area contributed by atoms with Crippen LogP contribution in [-0.2, 0) is 20.1 Å². The number of aliphatic imine (C=N–C) groups is 1. The molecule has 1 heterocycles. The Labute approximate surface area is 163 Å². The van der Waals surface area contributed by atoms with Crippen molar-refractivity contribution in [3.05, 3.63) is 47.3 Å². The van der Waals surface area contributed by atoms with Gasteiger partial charge < -0.3 is 15.4 Å². The molecule has 0 aliphatic heterocycles. The summed E-state index contributed by atoms with van der Waals surface area (Å²) in [6.07, 6.45) is 4.87. The fourth-order valence-electron chi connectivity index (χ4n) is 2.59. The van der Waals surface area contributed by atoms with Crippen LogP contribution in [0.4, 0.5) is 0 Å². The van der Waals surface area contributed by atoms with E-state index in [9.17, 15) is 0 Å². The van der Waals surface area contributed by atoms with Gasteiger partial charge in [0.25, 0.3) is 0 Å². The largest absolute Gasteiger partial charge is 0.493 e. The van der Waals surface area contributed by atoms with Gasteiger partial charge in [0.05, 0.1) is 19.3 Å². The molecule has 27 heavy (non-hydrogen) atoms. The van der Waals surface area contributed by atoms with E-state index in [4.69, 9.17) is 4.74 Å². The SMILES string of the molecule is CCNC(=NCc1cnn(C)c1)NCc1ccc(C)cc1OCCC(C)C. The first kappa shape index (κ1) is 20.8. The Morgan fingerprint density at radius 2 is 2.11 bits per heavy atom. The van der Waals surface area contributed by atoms with Crippen LogP contribution in [0.5, 0.6) is 5.75 Å². The number of aromatic nitrogens is 2. The molecule has 0 spiro atoms. The van der Waals surface area contributed by atoms with Crippen LogP contribution in [0.3, 0.4) is 0 Å². The fraction of sp³-hybridized carbons (Fsp3) is 0.524. The number of guanidine groups is 1. The van der Waals surface area contributed by atoms with Crippen LogP contribution < -0.4 is 15.4 Å². The summed E-state index contributed by atoms with van der Waals surface area (Å²) in [6.45, 7) is 11.4. The lowest BCUT2D eigenvalue weighted by atomic mass is 10.1. The molecule has 0 aliphatic rings. The lowest BCUT2D eigenvalue weighted by Gasteiger charge is -2.16. The highest BCUT2D eigenvalue weighted by atomic mass is 16.5. The minimum Gasteiger partial charge on any atom is -0.493 e. The molecular formula is C21H33N5O. The van der Waals surface area contributed by atoms with Crippen LogP contribution >= 0.6 is 0 Å². The molecule has 2 N–H and O–H groups in total. The normalized spacial score (nSPS) is 11.7. The number of aryl methyl sites for hydroxylation is 2. The van der Waals surface area contributed by atoms with Gasteiger partial charge >= 0.3 is 0 Å². The van der Waals surface area contributed by atoms with E-state index in [1.165, 1.54) is 5.56 Å². The Morgan fingerprint density at radius 3 is 2.78 bits per heavy atom. The molecule has 6 heteroatoms. The Hall–Kier alpha value is -2.50. The third kappa shape index (κ3) is 7.33. The van der Waals surface area contributed by atoms with E-state index in [0.29, 0.717) is 19.0 Å². The summed E-state index contributed by atoms with van der Waals surface area (Å²) in [6, 6.07) is 6.35. The monoisotopic (exact) mass is 371 g/mol. The van der Waals surface area contributed by atoms with Crippen LogP contribution in [0, 0.1) is 12.8 Å². The van der Waals surface area contributed by atoms with Gasteiger partial charge in [-0.1, -0.05) is 26.0 Å². The fourth-order valence-corrected chi connectivity index (χ4v) is 2.59. The van der Waals surface area contributed by atoms with Crippen LogP contribution in [-0.4, -0.2) is 28.9 Å². The zero-order valence-electron chi connectivity index (χ0n) is 17.2. The minimum atomic E-state index is 0.592. The highest BCUT2D eigenvalue weighted by Gasteiger charge is 2.07. The zero-order valence-corrected chi connectivity index (χ0v) is 17.2. The van der Waals surface area contributed by atoms with Crippen molar-refractivity contribution < 1.29 is 4.74 Å². The van der Waals surface area contributed by atoms with Crippen molar-refractivity contribution >= 4 is 5.96 Å². The molecule has 1 aromatic carbocycles. The van der Waals surface area contributed by atoms with Crippen molar-refractivity contribution in [1.29, 1.82) is 0 Å². The van der Waals surface area contributed by atoms with Crippen molar-refractivity contribution in [3.63, 3.8) is 0 Å². The quantitative estimate of drug-likeness (QED) is 0.524.